The molecule has 7 nitrogen and oxygen atoms in total. The number of hydrogen-bond acceptors (Lipinski definition) is 4. The summed E-state index contributed by atoms with van der Waals surface area (Å²) in [5.74, 6) is -1.42. The van der Waals surface area contributed by atoms with Gasteiger partial charge in [0.25, 0.3) is 0 Å². The number of nitrogens with one attached hydrogen (secondary N) is 1. The lowest BCUT2D eigenvalue weighted by Crippen LogP contribution is -2.47. The van der Waals surface area contributed by atoms with E-state index in [0.717, 1.165) is 6.42 Å². The van der Waals surface area contributed by atoms with Gasteiger partial charge in [0.2, 0.25) is 0 Å². The van der Waals surface area contributed by atoms with Crippen LogP contribution in [0.2, 0.25) is 0 Å². The van der Waals surface area contributed by atoms with E-state index in [1.165, 1.54) is 4.90 Å². The molecule has 2 atom stereocenters. The molecular weight excluding hydrogens is 264 g/mol. The molecule has 0 aromatic heterocycles. The first-order valence-corrected chi connectivity index (χ1v) is 6.88. The molecule has 1 heterocycles. The summed E-state index contributed by atoms with van der Waals surface area (Å²) < 4.78 is 4.95. The third kappa shape index (κ3) is 4.71. The SMILES string of the molecule is CCOC(=O)C1CCCN1C(=O)NCC(C)CC(=O)O. The number of aliphatic carboxylic acids is 1. The minimum atomic E-state index is -0.891. The standard InChI is InChI=1S/C13H22N2O5/c1-3-20-12(18)10-5-4-6-15(10)13(19)14-8-9(2)7-11(16)17/h9-10H,3-8H2,1-2H3,(H,14,19)(H,16,17). The maximum atomic E-state index is 12.0. The third-order valence-electron chi connectivity index (χ3n) is 3.20. The Morgan fingerprint density at radius 3 is 2.75 bits per heavy atom. The van der Waals surface area contributed by atoms with Crippen LogP contribution in [-0.2, 0) is 14.3 Å². The van der Waals surface area contributed by atoms with Crippen molar-refractivity contribution in [3.63, 3.8) is 0 Å². The number of hydrogen-bond donors (Lipinski definition) is 2. The van der Waals surface area contributed by atoms with Crippen LogP contribution in [0.3, 0.4) is 0 Å². The van der Waals surface area contributed by atoms with Gasteiger partial charge in [-0.3, -0.25) is 4.79 Å². The highest BCUT2D eigenvalue weighted by molar-refractivity contribution is 5.84. The largest absolute Gasteiger partial charge is 0.481 e. The summed E-state index contributed by atoms with van der Waals surface area (Å²) >= 11 is 0. The van der Waals surface area contributed by atoms with E-state index in [9.17, 15) is 14.4 Å². The van der Waals surface area contributed by atoms with Crippen molar-refractivity contribution in [3.05, 3.63) is 0 Å². The Hall–Kier alpha value is -1.79. The fourth-order valence-electron chi connectivity index (χ4n) is 2.23. The van der Waals surface area contributed by atoms with Gasteiger partial charge < -0.3 is 20.1 Å². The van der Waals surface area contributed by atoms with Gasteiger partial charge >= 0.3 is 18.0 Å². The highest BCUT2D eigenvalue weighted by Crippen LogP contribution is 2.18. The first-order valence-electron chi connectivity index (χ1n) is 6.88. The average molecular weight is 286 g/mol. The molecule has 2 N–H and O–H groups in total. The molecule has 20 heavy (non-hydrogen) atoms. The maximum absolute atomic E-state index is 12.0. The second-order valence-corrected chi connectivity index (χ2v) is 4.99. The molecule has 0 aliphatic carbocycles. The molecule has 1 fully saturated rings. The predicted octanol–water partition coefficient (Wildman–Crippen LogP) is 0.834. The Morgan fingerprint density at radius 1 is 1.45 bits per heavy atom. The number of likely N-dealkylation sites (tertiary alicyclic amines) is 1. The predicted molar refractivity (Wildman–Crippen MR) is 71.2 cm³/mol. The van der Waals surface area contributed by atoms with Crippen LogP contribution in [-0.4, -0.2) is 53.7 Å². The molecule has 1 saturated heterocycles. The number of nitrogens with zero attached hydrogens (tertiary/aromatic N) is 1. The second kappa shape index (κ2) is 7.72. The van der Waals surface area contributed by atoms with Gasteiger partial charge in [0.05, 0.1) is 6.61 Å². The van der Waals surface area contributed by atoms with E-state index in [-0.39, 0.29) is 30.9 Å². The molecule has 2 unspecified atom stereocenters. The lowest BCUT2D eigenvalue weighted by molar-refractivity contribution is -0.147. The van der Waals surface area contributed by atoms with Crippen LogP contribution < -0.4 is 5.32 Å². The third-order valence-corrected chi connectivity index (χ3v) is 3.20. The van der Waals surface area contributed by atoms with Gasteiger partial charge in [-0.05, 0) is 25.7 Å². The molecule has 7 heteroatoms. The number of esters is 1. The zero-order valence-electron chi connectivity index (χ0n) is 11.9. The first kappa shape index (κ1) is 16.3. The number of carbonyl (C=O) groups excluding carboxylic acids is 2. The quantitative estimate of drug-likeness (QED) is 0.705. The lowest BCUT2D eigenvalue weighted by atomic mass is 10.1. The molecule has 0 aromatic carbocycles. The van der Waals surface area contributed by atoms with Crippen molar-refractivity contribution in [1.29, 1.82) is 0 Å². The number of amides is 2. The number of carboxylic acid groups (broad SMARTS) is 1. The monoisotopic (exact) mass is 286 g/mol. The highest BCUT2D eigenvalue weighted by Gasteiger charge is 2.35. The van der Waals surface area contributed by atoms with E-state index < -0.39 is 12.0 Å². The van der Waals surface area contributed by atoms with E-state index in [0.29, 0.717) is 19.6 Å². The minimum Gasteiger partial charge on any atom is -0.481 e. The van der Waals surface area contributed by atoms with Crippen LogP contribution in [0.25, 0.3) is 0 Å². The van der Waals surface area contributed by atoms with Gasteiger partial charge in [-0.1, -0.05) is 6.92 Å². The van der Waals surface area contributed by atoms with Crippen molar-refractivity contribution in [2.45, 2.75) is 39.2 Å². The van der Waals surface area contributed by atoms with E-state index in [1.807, 2.05) is 0 Å². The van der Waals surface area contributed by atoms with Gasteiger partial charge in [0.15, 0.2) is 0 Å². The Morgan fingerprint density at radius 2 is 2.15 bits per heavy atom. The van der Waals surface area contributed by atoms with Gasteiger partial charge in [0.1, 0.15) is 6.04 Å². The van der Waals surface area contributed by atoms with Gasteiger partial charge in [0, 0.05) is 19.5 Å². The number of ether oxygens (including phenoxy) is 1. The molecule has 1 aliphatic heterocycles. The molecule has 0 saturated carbocycles. The number of rotatable bonds is 6. The van der Waals surface area contributed by atoms with E-state index in [1.54, 1.807) is 13.8 Å². The molecule has 0 spiro atoms. The fraction of sp³-hybridized carbons (Fsp3) is 0.769. The summed E-state index contributed by atoms with van der Waals surface area (Å²) in [5, 5.41) is 11.3. The second-order valence-electron chi connectivity index (χ2n) is 4.99. The van der Waals surface area contributed by atoms with Gasteiger partial charge in [-0.25, -0.2) is 9.59 Å². The molecule has 114 valence electrons. The summed E-state index contributed by atoms with van der Waals surface area (Å²) in [6.45, 7) is 4.56. The van der Waals surface area contributed by atoms with E-state index in [2.05, 4.69) is 5.32 Å². The Kier molecular flexibility index (Phi) is 6.27. The van der Waals surface area contributed by atoms with E-state index >= 15 is 0 Å². The normalized spacial score (nSPS) is 19.5. The van der Waals surface area contributed by atoms with Crippen molar-refractivity contribution in [2.24, 2.45) is 5.92 Å². The molecule has 1 rings (SSSR count). The zero-order valence-corrected chi connectivity index (χ0v) is 11.9. The molecule has 1 aliphatic rings. The Balaban J connectivity index is 2.45. The average Bonchev–Trinajstić information content (AvgIpc) is 2.84. The number of carboxylic acids is 1. The number of urea groups is 1. The number of carbonyl (C=O) groups is 3. The summed E-state index contributed by atoms with van der Waals surface area (Å²) in [7, 11) is 0. The molecule has 2 amide bonds. The minimum absolute atomic E-state index is 0.00157. The maximum Gasteiger partial charge on any atom is 0.328 e. The zero-order chi connectivity index (χ0) is 15.1. The first-order chi connectivity index (χ1) is 9.45. The van der Waals surface area contributed by atoms with Crippen LogP contribution in [0.1, 0.15) is 33.1 Å². The summed E-state index contributed by atoms with van der Waals surface area (Å²) in [4.78, 5) is 35.7. The van der Waals surface area contributed by atoms with Gasteiger partial charge in [-0.15, -0.1) is 0 Å². The highest BCUT2D eigenvalue weighted by atomic mass is 16.5. The van der Waals surface area contributed by atoms with Crippen molar-refractivity contribution >= 4 is 18.0 Å². The van der Waals surface area contributed by atoms with Crippen LogP contribution in [0.15, 0.2) is 0 Å². The molecule has 0 aromatic rings. The van der Waals surface area contributed by atoms with Crippen LogP contribution in [0.5, 0.6) is 0 Å². The van der Waals surface area contributed by atoms with Crippen LogP contribution in [0.4, 0.5) is 4.79 Å². The van der Waals surface area contributed by atoms with Crippen LogP contribution in [0, 0.1) is 5.92 Å². The smallest absolute Gasteiger partial charge is 0.328 e. The molecular formula is C13H22N2O5. The molecule has 0 bridgehead atoms. The van der Waals surface area contributed by atoms with Crippen LogP contribution >= 0.6 is 0 Å². The van der Waals surface area contributed by atoms with Gasteiger partial charge in [-0.2, -0.15) is 0 Å². The summed E-state index contributed by atoms with van der Waals surface area (Å²) in [5.41, 5.74) is 0. The van der Waals surface area contributed by atoms with E-state index in [4.69, 9.17) is 9.84 Å². The van der Waals surface area contributed by atoms with Crippen molar-refractivity contribution in [1.82, 2.24) is 10.2 Å². The Bertz CT molecular complexity index is 372. The van der Waals surface area contributed by atoms with Crippen molar-refractivity contribution in [2.75, 3.05) is 19.7 Å². The van der Waals surface area contributed by atoms with Crippen molar-refractivity contribution in [3.8, 4) is 0 Å². The lowest BCUT2D eigenvalue weighted by Gasteiger charge is -2.24. The fourth-order valence-corrected chi connectivity index (χ4v) is 2.23. The Labute approximate surface area is 118 Å². The van der Waals surface area contributed by atoms with Crippen molar-refractivity contribution < 1.29 is 24.2 Å². The topological polar surface area (TPSA) is 95.9 Å². The summed E-state index contributed by atoms with van der Waals surface area (Å²) in [6, 6.07) is -0.859. The summed E-state index contributed by atoms with van der Waals surface area (Å²) in [6.07, 6.45) is 1.38. The molecule has 0 radical (unpaired) electrons.